The Hall–Kier alpha value is -3.65. The maximum atomic E-state index is 13.2. The summed E-state index contributed by atoms with van der Waals surface area (Å²) in [6, 6.07) is 14.9. The van der Waals surface area contributed by atoms with Crippen LogP contribution in [0.1, 0.15) is 29.4 Å². The zero-order valence-electron chi connectivity index (χ0n) is 20.3. The number of ether oxygens (including phenoxy) is 4. The van der Waals surface area contributed by atoms with Crippen molar-refractivity contribution in [2.45, 2.75) is 25.9 Å². The minimum absolute atomic E-state index is 0.148. The van der Waals surface area contributed by atoms with Crippen molar-refractivity contribution in [1.29, 1.82) is 0 Å². The Bertz CT molecular complexity index is 1210. The van der Waals surface area contributed by atoms with E-state index in [0.29, 0.717) is 61.0 Å². The number of Topliss-reactive ketones (excluding diaryl/α,β-unsaturated/α-hetero) is 1. The van der Waals surface area contributed by atoms with Gasteiger partial charge in [0.1, 0.15) is 29.9 Å². The SMILES string of the molecule is COc1cc(CCC(C)=O)ccc1OCC1CN(C(=O)c2cc(OC)c3ccccc3n2)CCO1. The molecule has 4 rings (SSSR count). The van der Waals surface area contributed by atoms with Gasteiger partial charge in [-0.15, -0.1) is 0 Å². The highest BCUT2D eigenvalue weighted by Crippen LogP contribution is 2.29. The molecule has 0 saturated carbocycles. The van der Waals surface area contributed by atoms with Crippen LogP contribution >= 0.6 is 0 Å². The Balaban J connectivity index is 1.41. The number of ketones is 1. The summed E-state index contributed by atoms with van der Waals surface area (Å²) in [4.78, 5) is 30.8. The van der Waals surface area contributed by atoms with Crippen molar-refractivity contribution in [2.24, 2.45) is 0 Å². The number of carbonyl (C=O) groups is 2. The zero-order chi connectivity index (χ0) is 24.8. The number of benzene rings is 2. The van der Waals surface area contributed by atoms with Crippen molar-refractivity contribution in [3.05, 3.63) is 59.8 Å². The minimum atomic E-state index is -0.294. The average Bonchev–Trinajstić information content (AvgIpc) is 2.89. The van der Waals surface area contributed by atoms with Crippen LogP contribution in [0.5, 0.6) is 17.2 Å². The Kier molecular flexibility index (Phi) is 7.82. The molecule has 0 N–H and O–H groups in total. The average molecular weight is 479 g/mol. The number of carbonyl (C=O) groups excluding carboxylic acids is 2. The van der Waals surface area contributed by atoms with E-state index in [4.69, 9.17) is 18.9 Å². The van der Waals surface area contributed by atoms with Crippen LogP contribution in [0.2, 0.25) is 0 Å². The maximum absolute atomic E-state index is 13.2. The van der Waals surface area contributed by atoms with Crippen LogP contribution in [0.4, 0.5) is 0 Å². The van der Waals surface area contributed by atoms with Crippen LogP contribution in [0.25, 0.3) is 10.9 Å². The van der Waals surface area contributed by atoms with Crippen molar-refractivity contribution in [3.8, 4) is 17.2 Å². The molecule has 2 aromatic carbocycles. The lowest BCUT2D eigenvalue weighted by Gasteiger charge is -2.32. The molecule has 8 heteroatoms. The Morgan fingerprint density at radius 2 is 1.86 bits per heavy atom. The van der Waals surface area contributed by atoms with Gasteiger partial charge in [0.2, 0.25) is 0 Å². The summed E-state index contributed by atoms with van der Waals surface area (Å²) < 4.78 is 22.8. The zero-order valence-corrected chi connectivity index (χ0v) is 20.3. The maximum Gasteiger partial charge on any atom is 0.272 e. The molecule has 1 aliphatic heterocycles. The van der Waals surface area contributed by atoms with E-state index < -0.39 is 0 Å². The molecule has 8 nitrogen and oxygen atoms in total. The van der Waals surface area contributed by atoms with Crippen molar-refractivity contribution in [3.63, 3.8) is 0 Å². The molecule has 3 aromatic rings. The highest BCUT2D eigenvalue weighted by Gasteiger charge is 2.27. The topological polar surface area (TPSA) is 87.2 Å². The standard InChI is InChI=1S/C27H30N2O6/c1-18(30)8-9-19-10-11-24(26(14-19)33-3)35-17-20-16-29(12-13-34-20)27(31)23-15-25(32-2)21-6-4-5-7-22(21)28-23/h4-7,10-11,14-15,20H,8-9,12-13,16-17H2,1-3H3. The number of methoxy groups -OCH3 is 2. The second-order valence-corrected chi connectivity index (χ2v) is 8.47. The predicted octanol–water partition coefficient (Wildman–Crippen LogP) is 3.69. The number of pyridine rings is 1. The van der Waals surface area contributed by atoms with Gasteiger partial charge in [-0.25, -0.2) is 4.98 Å². The Morgan fingerprint density at radius 3 is 2.63 bits per heavy atom. The molecule has 0 bridgehead atoms. The molecule has 35 heavy (non-hydrogen) atoms. The molecule has 1 atom stereocenters. The summed E-state index contributed by atoms with van der Waals surface area (Å²) in [5.74, 6) is 1.78. The molecule has 0 aliphatic carbocycles. The van der Waals surface area contributed by atoms with Gasteiger partial charge < -0.3 is 28.6 Å². The van der Waals surface area contributed by atoms with E-state index >= 15 is 0 Å². The fourth-order valence-electron chi connectivity index (χ4n) is 4.08. The van der Waals surface area contributed by atoms with Crippen molar-refractivity contribution >= 4 is 22.6 Å². The molecule has 1 saturated heterocycles. The van der Waals surface area contributed by atoms with E-state index in [1.54, 1.807) is 32.1 Å². The first kappa shape index (κ1) is 24.5. The van der Waals surface area contributed by atoms with Gasteiger partial charge in [-0.2, -0.15) is 0 Å². The molecular formula is C27H30N2O6. The molecule has 2 heterocycles. The minimum Gasteiger partial charge on any atom is -0.496 e. The van der Waals surface area contributed by atoms with Gasteiger partial charge in [-0.05, 0) is 43.2 Å². The largest absolute Gasteiger partial charge is 0.496 e. The second-order valence-electron chi connectivity index (χ2n) is 8.47. The number of hydrogen-bond donors (Lipinski definition) is 0. The number of rotatable bonds is 9. The lowest BCUT2D eigenvalue weighted by molar-refractivity contribution is -0.116. The first-order valence-electron chi connectivity index (χ1n) is 11.6. The molecule has 1 aliphatic rings. The van der Waals surface area contributed by atoms with Crippen LogP contribution in [-0.4, -0.2) is 68.2 Å². The summed E-state index contributed by atoms with van der Waals surface area (Å²) in [5.41, 5.74) is 2.06. The van der Waals surface area contributed by atoms with E-state index in [2.05, 4.69) is 4.98 Å². The summed E-state index contributed by atoms with van der Waals surface area (Å²) in [7, 11) is 3.17. The summed E-state index contributed by atoms with van der Waals surface area (Å²) >= 11 is 0. The summed E-state index contributed by atoms with van der Waals surface area (Å²) in [6.07, 6.45) is 0.848. The van der Waals surface area contributed by atoms with Crippen LogP contribution in [-0.2, 0) is 16.0 Å². The van der Waals surface area contributed by atoms with Crippen molar-refractivity contribution in [1.82, 2.24) is 9.88 Å². The van der Waals surface area contributed by atoms with E-state index in [-0.39, 0.29) is 24.4 Å². The normalized spacial score (nSPS) is 15.6. The number of para-hydroxylation sites is 1. The fraction of sp³-hybridized carbons (Fsp3) is 0.370. The smallest absolute Gasteiger partial charge is 0.272 e. The molecule has 1 fully saturated rings. The van der Waals surface area contributed by atoms with Gasteiger partial charge in [0.05, 0.1) is 32.9 Å². The van der Waals surface area contributed by atoms with Crippen LogP contribution in [0, 0.1) is 0 Å². The Labute approximate surface area is 204 Å². The second kappa shape index (κ2) is 11.2. The fourth-order valence-corrected chi connectivity index (χ4v) is 4.08. The van der Waals surface area contributed by atoms with Gasteiger partial charge in [0.25, 0.3) is 5.91 Å². The highest BCUT2D eigenvalue weighted by atomic mass is 16.5. The quantitative estimate of drug-likeness (QED) is 0.464. The van der Waals surface area contributed by atoms with E-state index in [1.807, 2.05) is 42.5 Å². The molecule has 0 spiro atoms. The molecular weight excluding hydrogens is 448 g/mol. The number of fused-ring (bicyclic) bond motifs is 1. The van der Waals surface area contributed by atoms with Crippen LogP contribution < -0.4 is 14.2 Å². The number of aromatic nitrogens is 1. The third-order valence-electron chi connectivity index (χ3n) is 5.96. The number of nitrogens with zero attached hydrogens (tertiary/aromatic N) is 2. The first-order chi connectivity index (χ1) is 17.0. The van der Waals surface area contributed by atoms with Gasteiger partial charge in [0, 0.05) is 24.4 Å². The van der Waals surface area contributed by atoms with Crippen molar-refractivity contribution < 1.29 is 28.5 Å². The first-order valence-corrected chi connectivity index (χ1v) is 11.6. The molecule has 1 aromatic heterocycles. The third-order valence-corrected chi connectivity index (χ3v) is 5.96. The lowest BCUT2D eigenvalue weighted by Crippen LogP contribution is -2.47. The molecule has 0 radical (unpaired) electrons. The van der Waals surface area contributed by atoms with Gasteiger partial charge in [0.15, 0.2) is 11.5 Å². The lowest BCUT2D eigenvalue weighted by atomic mass is 10.1. The number of morpholine rings is 1. The molecule has 1 amide bonds. The van der Waals surface area contributed by atoms with E-state index in [1.165, 1.54) is 0 Å². The monoisotopic (exact) mass is 478 g/mol. The third kappa shape index (κ3) is 5.89. The Morgan fingerprint density at radius 1 is 1.06 bits per heavy atom. The summed E-state index contributed by atoms with van der Waals surface area (Å²) in [5, 5.41) is 0.862. The number of amides is 1. The van der Waals surface area contributed by atoms with Crippen LogP contribution in [0.15, 0.2) is 48.5 Å². The van der Waals surface area contributed by atoms with E-state index in [0.717, 1.165) is 10.9 Å². The van der Waals surface area contributed by atoms with Gasteiger partial charge >= 0.3 is 0 Å². The molecule has 184 valence electrons. The van der Waals surface area contributed by atoms with Crippen LogP contribution in [0.3, 0.4) is 0 Å². The number of hydrogen-bond acceptors (Lipinski definition) is 7. The van der Waals surface area contributed by atoms with Crippen molar-refractivity contribution in [2.75, 3.05) is 40.5 Å². The summed E-state index contributed by atoms with van der Waals surface area (Å²) in [6.45, 7) is 3.11. The van der Waals surface area contributed by atoms with Gasteiger partial charge in [-0.1, -0.05) is 18.2 Å². The number of aryl methyl sites for hydroxylation is 1. The predicted molar refractivity (Wildman–Crippen MR) is 131 cm³/mol. The molecule has 1 unspecified atom stereocenters. The highest BCUT2D eigenvalue weighted by molar-refractivity contribution is 5.97. The van der Waals surface area contributed by atoms with E-state index in [9.17, 15) is 9.59 Å². The van der Waals surface area contributed by atoms with Gasteiger partial charge in [-0.3, -0.25) is 4.79 Å².